The van der Waals surface area contributed by atoms with E-state index in [9.17, 15) is 4.39 Å². The molecule has 0 fully saturated rings. The number of halogens is 2. The lowest BCUT2D eigenvalue weighted by Crippen LogP contribution is -2.04. The normalized spacial score (nSPS) is 10.7. The molecule has 2 aromatic rings. The van der Waals surface area contributed by atoms with Crippen LogP contribution in [0.2, 0.25) is 0 Å². The Labute approximate surface area is 119 Å². The molecule has 0 aliphatic carbocycles. The zero-order valence-electron chi connectivity index (χ0n) is 10.6. The molecule has 2 rings (SSSR count). The average molecular weight is 328 g/mol. The summed E-state index contributed by atoms with van der Waals surface area (Å²) in [7, 11) is 1.66. The lowest BCUT2D eigenvalue weighted by Gasteiger charge is -2.06. The first-order chi connectivity index (χ1) is 9.19. The summed E-state index contributed by atoms with van der Waals surface area (Å²) in [5, 5.41) is 7.45. The van der Waals surface area contributed by atoms with Crippen LogP contribution in [-0.2, 0) is 17.8 Å². The van der Waals surface area contributed by atoms with Gasteiger partial charge in [0.05, 0.1) is 25.0 Å². The van der Waals surface area contributed by atoms with E-state index < -0.39 is 0 Å². The monoisotopic (exact) mass is 327 g/mol. The Morgan fingerprint density at radius 3 is 3.05 bits per heavy atom. The molecule has 4 nitrogen and oxygen atoms in total. The number of rotatable bonds is 6. The van der Waals surface area contributed by atoms with Gasteiger partial charge in [-0.1, -0.05) is 22.0 Å². The van der Waals surface area contributed by atoms with Crippen molar-refractivity contribution >= 4 is 21.6 Å². The molecule has 0 saturated heterocycles. The molecule has 0 unspecified atom stereocenters. The molecular formula is C13H15BrFN3O. The molecule has 0 bridgehead atoms. The summed E-state index contributed by atoms with van der Waals surface area (Å²) >= 11 is 3.34. The Balaban J connectivity index is 1.92. The fraction of sp³-hybridized carbons (Fsp3) is 0.308. The maximum Gasteiger partial charge on any atom is 0.124 e. The zero-order valence-corrected chi connectivity index (χ0v) is 12.2. The first-order valence-electron chi connectivity index (χ1n) is 5.88. The second-order valence-electron chi connectivity index (χ2n) is 4.07. The molecule has 1 aromatic heterocycles. The van der Waals surface area contributed by atoms with E-state index in [0.717, 1.165) is 22.3 Å². The number of methoxy groups -OCH3 is 1. The number of nitrogens with zero attached hydrogens (tertiary/aromatic N) is 2. The quantitative estimate of drug-likeness (QED) is 0.886. The molecule has 19 heavy (non-hydrogen) atoms. The van der Waals surface area contributed by atoms with Crippen LogP contribution >= 0.6 is 15.9 Å². The minimum absolute atomic E-state index is 0.247. The van der Waals surface area contributed by atoms with Gasteiger partial charge in [0.1, 0.15) is 5.82 Å². The number of hydrogen-bond donors (Lipinski definition) is 1. The number of benzene rings is 1. The average Bonchev–Trinajstić information content (AvgIpc) is 2.83. The summed E-state index contributed by atoms with van der Waals surface area (Å²) in [6, 6.07) is 4.66. The van der Waals surface area contributed by atoms with Crippen molar-refractivity contribution in [1.82, 2.24) is 9.78 Å². The molecular weight excluding hydrogens is 313 g/mol. The topological polar surface area (TPSA) is 39.1 Å². The Morgan fingerprint density at radius 2 is 2.32 bits per heavy atom. The second kappa shape index (κ2) is 6.68. The molecule has 0 spiro atoms. The predicted octanol–water partition coefficient (Wildman–Crippen LogP) is 3.04. The van der Waals surface area contributed by atoms with E-state index in [1.165, 1.54) is 12.1 Å². The van der Waals surface area contributed by atoms with Crippen LogP contribution in [0.15, 0.2) is 35.1 Å². The van der Waals surface area contributed by atoms with E-state index in [2.05, 4.69) is 26.3 Å². The zero-order chi connectivity index (χ0) is 13.7. The van der Waals surface area contributed by atoms with Gasteiger partial charge in [0.15, 0.2) is 0 Å². The van der Waals surface area contributed by atoms with Crippen LogP contribution in [0.5, 0.6) is 0 Å². The molecule has 1 aromatic carbocycles. The fourth-order valence-electron chi connectivity index (χ4n) is 1.62. The Bertz CT molecular complexity index is 544. The lowest BCUT2D eigenvalue weighted by molar-refractivity contribution is 0.183. The predicted molar refractivity (Wildman–Crippen MR) is 75.5 cm³/mol. The van der Waals surface area contributed by atoms with Crippen LogP contribution in [0.25, 0.3) is 0 Å². The van der Waals surface area contributed by atoms with Gasteiger partial charge in [0, 0.05) is 24.3 Å². The molecule has 0 atom stereocenters. The molecule has 0 radical (unpaired) electrons. The minimum Gasteiger partial charge on any atom is -0.383 e. The highest BCUT2D eigenvalue weighted by atomic mass is 79.9. The van der Waals surface area contributed by atoms with Crippen LogP contribution in [0.3, 0.4) is 0 Å². The first-order valence-corrected chi connectivity index (χ1v) is 6.67. The highest BCUT2D eigenvalue weighted by molar-refractivity contribution is 9.10. The van der Waals surface area contributed by atoms with Crippen molar-refractivity contribution in [2.45, 2.75) is 13.1 Å². The van der Waals surface area contributed by atoms with E-state index in [-0.39, 0.29) is 5.82 Å². The Kier molecular flexibility index (Phi) is 4.93. The van der Waals surface area contributed by atoms with Crippen molar-refractivity contribution in [1.29, 1.82) is 0 Å². The van der Waals surface area contributed by atoms with Crippen molar-refractivity contribution in [3.63, 3.8) is 0 Å². The van der Waals surface area contributed by atoms with Crippen molar-refractivity contribution in [3.8, 4) is 0 Å². The molecule has 102 valence electrons. The summed E-state index contributed by atoms with van der Waals surface area (Å²) in [6.45, 7) is 1.96. The number of ether oxygens (including phenoxy) is 1. The molecule has 0 aliphatic heterocycles. The van der Waals surface area contributed by atoms with Crippen LogP contribution in [0.4, 0.5) is 10.1 Å². The SMILES string of the molecule is COCCn1cc(NCc2ccc(F)cc2Br)cn1. The van der Waals surface area contributed by atoms with Gasteiger partial charge in [-0.25, -0.2) is 4.39 Å². The van der Waals surface area contributed by atoms with Crippen LogP contribution in [-0.4, -0.2) is 23.5 Å². The van der Waals surface area contributed by atoms with Gasteiger partial charge in [0.2, 0.25) is 0 Å². The Morgan fingerprint density at radius 1 is 1.47 bits per heavy atom. The van der Waals surface area contributed by atoms with Crippen molar-refractivity contribution in [3.05, 3.63) is 46.4 Å². The van der Waals surface area contributed by atoms with Crippen molar-refractivity contribution in [2.24, 2.45) is 0 Å². The molecule has 1 heterocycles. The largest absolute Gasteiger partial charge is 0.383 e. The third-order valence-corrected chi connectivity index (χ3v) is 3.39. The van der Waals surface area contributed by atoms with Gasteiger partial charge >= 0.3 is 0 Å². The molecule has 0 aliphatic rings. The molecule has 1 N–H and O–H groups in total. The molecule has 0 amide bonds. The highest BCUT2D eigenvalue weighted by Gasteiger charge is 2.03. The van der Waals surface area contributed by atoms with Gasteiger partial charge in [-0.15, -0.1) is 0 Å². The maximum absolute atomic E-state index is 13.0. The Hall–Kier alpha value is -1.40. The number of nitrogens with one attached hydrogen (secondary N) is 1. The van der Waals surface area contributed by atoms with E-state index in [0.29, 0.717) is 13.2 Å². The smallest absolute Gasteiger partial charge is 0.124 e. The van der Waals surface area contributed by atoms with E-state index in [1.54, 1.807) is 19.4 Å². The van der Waals surface area contributed by atoms with Gasteiger partial charge < -0.3 is 10.1 Å². The summed E-state index contributed by atoms with van der Waals surface area (Å²) in [5.41, 5.74) is 1.92. The third kappa shape index (κ3) is 4.04. The standard InChI is InChI=1S/C13H15BrFN3O/c1-19-5-4-18-9-12(8-17-18)16-7-10-2-3-11(15)6-13(10)14/h2-3,6,8-9,16H,4-5,7H2,1H3. The van der Waals surface area contributed by atoms with Crippen LogP contribution < -0.4 is 5.32 Å². The summed E-state index contributed by atoms with van der Waals surface area (Å²) in [4.78, 5) is 0. The van der Waals surface area contributed by atoms with Gasteiger partial charge in [-0.05, 0) is 17.7 Å². The van der Waals surface area contributed by atoms with Crippen LogP contribution in [0.1, 0.15) is 5.56 Å². The van der Waals surface area contributed by atoms with Crippen molar-refractivity contribution < 1.29 is 9.13 Å². The molecule has 6 heteroatoms. The highest BCUT2D eigenvalue weighted by Crippen LogP contribution is 2.19. The maximum atomic E-state index is 13.0. The van der Waals surface area contributed by atoms with Crippen molar-refractivity contribution in [2.75, 3.05) is 19.0 Å². The van der Waals surface area contributed by atoms with E-state index in [4.69, 9.17) is 4.74 Å². The van der Waals surface area contributed by atoms with E-state index >= 15 is 0 Å². The summed E-state index contributed by atoms with van der Waals surface area (Å²) in [5.74, 6) is -0.247. The number of anilines is 1. The van der Waals surface area contributed by atoms with Gasteiger partial charge in [0.25, 0.3) is 0 Å². The third-order valence-electron chi connectivity index (χ3n) is 2.66. The molecule has 0 saturated carbocycles. The minimum atomic E-state index is -0.247. The lowest BCUT2D eigenvalue weighted by atomic mass is 10.2. The number of aromatic nitrogens is 2. The summed E-state index contributed by atoms with van der Waals surface area (Å²) < 4.78 is 20.5. The fourth-order valence-corrected chi connectivity index (χ4v) is 2.12. The second-order valence-corrected chi connectivity index (χ2v) is 4.93. The first kappa shape index (κ1) is 14.0. The van der Waals surface area contributed by atoms with Gasteiger partial charge in [-0.2, -0.15) is 5.10 Å². The van der Waals surface area contributed by atoms with Crippen LogP contribution in [0, 0.1) is 5.82 Å². The van der Waals surface area contributed by atoms with E-state index in [1.807, 2.05) is 10.9 Å². The number of hydrogen-bond acceptors (Lipinski definition) is 3. The van der Waals surface area contributed by atoms with Gasteiger partial charge in [-0.3, -0.25) is 4.68 Å². The summed E-state index contributed by atoms with van der Waals surface area (Å²) in [6.07, 6.45) is 3.67.